The fraction of sp³-hybridized carbons (Fsp3) is 0.476. The summed E-state index contributed by atoms with van der Waals surface area (Å²) in [6.45, 7) is 5.07. The van der Waals surface area contributed by atoms with Crippen molar-refractivity contribution in [1.82, 2.24) is 10.2 Å². The maximum atomic E-state index is 13.0. The molecule has 2 aliphatic rings. The summed E-state index contributed by atoms with van der Waals surface area (Å²) < 4.78 is 18.7. The predicted molar refractivity (Wildman–Crippen MR) is 101 cm³/mol. The molecular weight excluding hydrogens is 363 g/mol. The number of halogens is 1. The average Bonchev–Trinajstić information content (AvgIpc) is 2.64. The number of rotatable bonds is 4. The van der Waals surface area contributed by atoms with Crippen LogP contribution in [0, 0.1) is 11.7 Å². The van der Waals surface area contributed by atoms with E-state index >= 15 is 0 Å². The first-order chi connectivity index (χ1) is 13.2. The Morgan fingerprint density at radius 1 is 1.29 bits per heavy atom. The zero-order chi connectivity index (χ0) is 20.3. The summed E-state index contributed by atoms with van der Waals surface area (Å²) in [6.07, 6.45) is 3.24. The van der Waals surface area contributed by atoms with Gasteiger partial charge < -0.3 is 15.0 Å². The maximum absolute atomic E-state index is 13.0. The van der Waals surface area contributed by atoms with Crippen molar-refractivity contribution in [2.45, 2.75) is 38.7 Å². The molecule has 3 rings (SSSR count). The molecule has 0 aliphatic carbocycles. The Kier molecular flexibility index (Phi) is 5.82. The van der Waals surface area contributed by atoms with Crippen LogP contribution in [0.3, 0.4) is 0 Å². The number of hydrogen-bond donors (Lipinski definition) is 1. The van der Waals surface area contributed by atoms with Gasteiger partial charge in [0.15, 0.2) is 11.5 Å². The molecule has 0 bridgehead atoms. The molecule has 1 saturated heterocycles. The van der Waals surface area contributed by atoms with Crippen LogP contribution in [0.2, 0.25) is 0 Å². The van der Waals surface area contributed by atoms with Gasteiger partial charge in [0.25, 0.3) is 11.8 Å². The van der Waals surface area contributed by atoms with Crippen LogP contribution in [0.1, 0.15) is 43.5 Å². The largest absolute Gasteiger partial charge is 0.481 e. The lowest BCUT2D eigenvalue weighted by molar-refractivity contribution is -0.139. The quantitative estimate of drug-likeness (QED) is 0.860. The predicted octanol–water partition coefficient (Wildman–Crippen LogP) is 2.45. The van der Waals surface area contributed by atoms with E-state index in [1.54, 1.807) is 18.7 Å². The lowest BCUT2D eigenvalue weighted by atomic mass is 9.96. The smallest absolute Gasteiger partial charge is 0.289 e. The van der Waals surface area contributed by atoms with Crippen molar-refractivity contribution < 1.29 is 23.5 Å². The third kappa shape index (κ3) is 4.97. The van der Waals surface area contributed by atoms with E-state index in [4.69, 9.17) is 4.74 Å². The van der Waals surface area contributed by atoms with Gasteiger partial charge in [-0.15, -0.1) is 0 Å². The molecule has 7 heteroatoms. The highest BCUT2D eigenvalue weighted by molar-refractivity contribution is 6.01. The summed E-state index contributed by atoms with van der Waals surface area (Å²) in [4.78, 5) is 38.5. The fourth-order valence-electron chi connectivity index (χ4n) is 3.60. The molecular formula is C21H25FN2O4. The highest BCUT2D eigenvalue weighted by Crippen LogP contribution is 2.27. The van der Waals surface area contributed by atoms with Gasteiger partial charge >= 0.3 is 0 Å². The van der Waals surface area contributed by atoms with Crippen LogP contribution in [0.25, 0.3) is 0 Å². The van der Waals surface area contributed by atoms with Crippen molar-refractivity contribution in [3.8, 4) is 0 Å². The minimum Gasteiger partial charge on any atom is -0.481 e. The van der Waals surface area contributed by atoms with E-state index in [1.807, 2.05) is 0 Å². The number of amides is 2. The number of hydrogen-bond acceptors (Lipinski definition) is 4. The van der Waals surface area contributed by atoms with Crippen LogP contribution in [0.4, 0.5) is 4.39 Å². The molecule has 0 unspecified atom stereocenters. The van der Waals surface area contributed by atoms with Crippen LogP contribution in [0.5, 0.6) is 0 Å². The van der Waals surface area contributed by atoms with Gasteiger partial charge in [0.05, 0.1) is 0 Å². The Labute approximate surface area is 163 Å². The van der Waals surface area contributed by atoms with Crippen molar-refractivity contribution in [3.05, 3.63) is 47.5 Å². The van der Waals surface area contributed by atoms with Crippen molar-refractivity contribution in [1.29, 1.82) is 0 Å². The molecule has 150 valence electrons. The molecule has 0 spiro atoms. The second-order valence-electron chi connectivity index (χ2n) is 7.99. The number of ether oxygens (including phenoxy) is 1. The third-order valence-corrected chi connectivity index (χ3v) is 4.95. The Hall–Kier alpha value is -2.70. The number of piperidine rings is 1. The summed E-state index contributed by atoms with van der Waals surface area (Å²) in [5.41, 5.74) is -0.290. The maximum Gasteiger partial charge on any atom is 0.289 e. The van der Waals surface area contributed by atoms with E-state index in [2.05, 4.69) is 5.32 Å². The van der Waals surface area contributed by atoms with E-state index in [0.29, 0.717) is 25.2 Å². The fourth-order valence-corrected chi connectivity index (χ4v) is 3.60. The second kappa shape index (κ2) is 8.12. The van der Waals surface area contributed by atoms with E-state index in [9.17, 15) is 18.8 Å². The number of nitrogens with one attached hydrogen (secondary N) is 1. The first-order valence-electron chi connectivity index (χ1n) is 9.50. The molecule has 2 heterocycles. The van der Waals surface area contributed by atoms with Gasteiger partial charge in [-0.1, -0.05) is 0 Å². The zero-order valence-electron chi connectivity index (χ0n) is 16.2. The van der Waals surface area contributed by atoms with Gasteiger partial charge in [-0.25, -0.2) is 4.39 Å². The second-order valence-corrected chi connectivity index (χ2v) is 7.99. The Morgan fingerprint density at radius 2 is 2.00 bits per heavy atom. The van der Waals surface area contributed by atoms with E-state index in [1.165, 1.54) is 30.3 Å². The van der Waals surface area contributed by atoms with Gasteiger partial charge in [-0.3, -0.25) is 14.4 Å². The highest BCUT2D eigenvalue weighted by atomic mass is 19.1. The molecule has 2 aliphatic heterocycles. The molecule has 1 aromatic rings. The van der Waals surface area contributed by atoms with Crippen molar-refractivity contribution in [2.24, 2.45) is 5.92 Å². The van der Waals surface area contributed by atoms with Crippen LogP contribution < -0.4 is 5.32 Å². The topological polar surface area (TPSA) is 75.7 Å². The summed E-state index contributed by atoms with van der Waals surface area (Å²) in [6, 6.07) is 5.37. The first kappa shape index (κ1) is 20.0. The van der Waals surface area contributed by atoms with Crippen molar-refractivity contribution in [3.63, 3.8) is 0 Å². The highest BCUT2D eigenvalue weighted by Gasteiger charge is 2.35. The molecule has 0 aromatic heterocycles. The van der Waals surface area contributed by atoms with Crippen LogP contribution in [-0.2, 0) is 14.3 Å². The number of carbonyl (C=O) groups excluding carboxylic acids is 3. The Morgan fingerprint density at radius 3 is 2.68 bits per heavy atom. The Bertz CT molecular complexity index is 801. The molecule has 1 atom stereocenters. The summed E-state index contributed by atoms with van der Waals surface area (Å²) >= 11 is 0. The van der Waals surface area contributed by atoms with Crippen molar-refractivity contribution in [2.75, 3.05) is 19.6 Å². The van der Waals surface area contributed by atoms with Crippen LogP contribution >= 0.6 is 0 Å². The number of likely N-dealkylation sites (tertiary alicyclic amines) is 1. The number of benzene rings is 1. The normalized spacial score (nSPS) is 21.5. The molecule has 28 heavy (non-hydrogen) atoms. The van der Waals surface area contributed by atoms with E-state index in [0.717, 1.165) is 12.8 Å². The number of allylic oxidation sites excluding steroid dienone is 1. The number of ketones is 1. The van der Waals surface area contributed by atoms with Gasteiger partial charge in [0, 0.05) is 37.7 Å². The monoisotopic (exact) mass is 388 g/mol. The number of nitrogens with zero attached hydrogens (tertiary/aromatic N) is 1. The Balaban J connectivity index is 1.56. The first-order valence-corrected chi connectivity index (χ1v) is 9.50. The molecule has 6 nitrogen and oxygen atoms in total. The third-order valence-electron chi connectivity index (χ3n) is 4.95. The van der Waals surface area contributed by atoms with Crippen LogP contribution in [0.15, 0.2) is 36.1 Å². The molecule has 2 amide bonds. The minimum absolute atomic E-state index is 0.0947. The minimum atomic E-state index is -0.685. The molecule has 0 saturated carbocycles. The van der Waals surface area contributed by atoms with Gasteiger partial charge in [-0.2, -0.15) is 0 Å². The van der Waals surface area contributed by atoms with Crippen LogP contribution in [-0.4, -0.2) is 47.7 Å². The molecule has 1 fully saturated rings. The summed E-state index contributed by atoms with van der Waals surface area (Å²) in [5, 5.41) is 2.85. The van der Waals surface area contributed by atoms with E-state index in [-0.39, 0.29) is 41.5 Å². The van der Waals surface area contributed by atoms with Gasteiger partial charge in [0.2, 0.25) is 0 Å². The summed E-state index contributed by atoms with van der Waals surface area (Å²) in [5.74, 6) is -0.851. The SMILES string of the molecule is CC1(C)CC(=O)C=C(C(=O)N2CCC[C@H](CNC(=O)c3ccc(F)cc3)C2)O1. The molecule has 1 N–H and O–H groups in total. The zero-order valence-corrected chi connectivity index (χ0v) is 16.2. The van der Waals surface area contributed by atoms with Gasteiger partial charge in [-0.05, 0) is 56.9 Å². The number of carbonyl (C=O) groups is 3. The molecule has 1 aromatic carbocycles. The standard InChI is InChI=1S/C21H25FN2O4/c1-21(2)11-17(25)10-18(28-21)20(27)24-9-3-4-14(13-24)12-23-19(26)15-5-7-16(22)8-6-15/h5-8,10,14H,3-4,9,11-13H2,1-2H3,(H,23,26)/t14-/m1/s1. The summed E-state index contributed by atoms with van der Waals surface area (Å²) in [7, 11) is 0. The van der Waals surface area contributed by atoms with Crippen molar-refractivity contribution >= 4 is 17.6 Å². The van der Waals surface area contributed by atoms with Gasteiger partial charge in [0.1, 0.15) is 11.4 Å². The van der Waals surface area contributed by atoms with E-state index < -0.39 is 5.60 Å². The lowest BCUT2D eigenvalue weighted by Crippen LogP contribution is -2.46. The average molecular weight is 388 g/mol. The lowest BCUT2D eigenvalue weighted by Gasteiger charge is -2.36. The molecule has 0 radical (unpaired) electrons.